The number of carbonyl (C=O) groups is 1. The van der Waals surface area contributed by atoms with E-state index in [0.29, 0.717) is 0 Å². The van der Waals surface area contributed by atoms with Gasteiger partial charge in [0.1, 0.15) is 0 Å². The van der Waals surface area contributed by atoms with Crippen LogP contribution in [0.4, 0.5) is 0 Å². The summed E-state index contributed by atoms with van der Waals surface area (Å²) in [6.45, 7) is 3.90. The summed E-state index contributed by atoms with van der Waals surface area (Å²) in [4.78, 5) is 12.2. The first-order valence-corrected chi connectivity index (χ1v) is 7.64. The highest BCUT2D eigenvalue weighted by atomic mass is 32.2. The molecule has 0 N–H and O–H groups in total. The second-order valence-electron chi connectivity index (χ2n) is 4.85. The van der Waals surface area contributed by atoms with Crippen LogP contribution in [0.15, 0.2) is 41.3 Å². The van der Waals surface area contributed by atoms with E-state index < -0.39 is 10.0 Å². The third-order valence-electron chi connectivity index (χ3n) is 3.12. The van der Waals surface area contributed by atoms with Crippen molar-refractivity contribution in [2.75, 3.05) is 6.54 Å². The highest BCUT2D eigenvalue weighted by molar-refractivity contribution is 7.89. The molecule has 19 heavy (non-hydrogen) atoms. The molecule has 1 atom stereocenters. The maximum absolute atomic E-state index is 12.4. The maximum Gasteiger partial charge on any atom is 0.266 e. The van der Waals surface area contributed by atoms with E-state index >= 15 is 0 Å². The number of rotatable bonds is 2. The SMILES string of the molecule is Cc1ccc(S(=O)(=O)N2CC=CC(C)CC2=O)cc1. The first-order valence-electron chi connectivity index (χ1n) is 6.20. The lowest BCUT2D eigenvalue weighted by Crippen LogP contribution is -2.36. The minimum Gasteiger partial charge on any atom is -0.274 e. The molecule has 1 aliphatic heterocycles. The van der Waals surface area contributed by atoms with Crippen LogP contribution < -0.4 is 0 Å². The quantitative estimate of drug-likeness (QED) is 0.779. The first kappa shape index (κ1) is 13.8. The number of hydrogen-bond donors (Lipinski definition) is 0. The average Bonchev–Trinajstić information content (AvgIpc) is 2.50. The molecule has 1 aromatic carbocycles. The fraction of sp³-hybridized carbons (Fsp3) is 0.357. The molecule has 1 aromatic rings. The number of nitrogens with zero attached hydrogens (tertiary/aromatic N) is 1. The topological polar surface area (TPSA) is 54.5 Å². The van der Waals surface area contributed by atoms with Crippen LogP contribution in [0.5, 0.6) is 0 Å². The number of aryl methyl sites for hydroxylation is 1. The van der Waals surface area contributed by atoms with Crippen molar-refractivity contribution in [3.05, 3.63) is 42.0 Å². The van der Waals surface area contributed by atoms with Crippen LogP contribution >= 0.6 is 0 Å². The molecule has 0 saturated heterocycles. The Morgan fingerprint density at radius 2 is 1.84 bits per heavy atom. The summed E-state index contributed by atoms with van der Waals surface area (Å²) < 4.78 is 25.8. The van der Waals surface area contributed by atoms with E-state index in [-0.39, 0.29) is 29.7 Å². The molecule has 0 bridgehead atoms. The molecule has 0 aliphatic carbocycles. The summed E-state index contributed by atoms with van der Waals surface area (Å²) in [5.74, 6) is -0.274. The lowest BCUT2D eigenvalue weighted by Gasteiger charge is -2.20. The molecule has 0 fully saturated rings. The van der Waals surface area contributed by atoms with Crippen molar-refractivity contribution in [1.29, 1.82) is 0 Å². The fourth-order valence-electron chi connectivity index (χ4n) is 2.01. The summed E-state index contributed by atoms with van der Waals surface area (Å²) in [6.07, 6.45) is 3.84. The largest absolute Gasteiger partial charge is 0.274 e. The summed E-state index contributed by atoms with van der Waals surface area (Å²) in [5.41, 5.74) is 0.981. The van der Waals surface area contributed by atoms with Crippen LogP contribution in [-0.4, -0.2) is 25.2 Å². The van der Waals surface area contributed by atoms with Gasteiger partial charge in [-0.15, -0.1) is 0 Å². The van der Waals surface area contributed by atoms with Gasteiger partial charge in [-0.05, 0) is 25.0 Å². The minimum absolute atomic E-state index is 0.0747. The number of hydrogen-bond acceptors (Lipinski definition) is 3. The van der Waals surface area contributed by atoms with Crippen molar-refractivity contribution in [3.63, 3.8) is 0 Å². The predicted octanol–water partition coefficient (Wildman–Crippen LogP) is 2.11. The highest BCUT2D eigenvalue weighted by Crippen LogP contribution is 2.21. The number of amides is 1. The Kier molecular flexibility index (Phi) is 3.75. The molecule has 0 spiro atoms. The van der Waals surface area contributed by atoms with E-state index in [1.807, 2.05) is 19.9 Å². The third kappa shape index (κ3) is 2.87. The lowest BCUT2D eigenvalue weighted by atomic mass is 10.1. The van der Waals surface area contributed by atoms with E-state index in [2.05, 4.69) is 0 Å². The van der Waals surface area contributed by atoms with E-state index in [0.717, 1.165) is 9.87 Å². The molecule has 2 rings (SSSR count). The molecule has 0 aromatic heterocycles. The number of carbonyl (C=O) groups excluding carboxylic acids is 1. The normalized spacial score (nSPS) is 20.4. The van der Waals surface area contributed by atoms with Crippen LogP contribution in [0.25, 0.3) is 0 Å². The van der Waals surface area contributed by atoms with Crippen molar-refractivity contribution < 1.29 is 13.2 Å². The monoisotopic (exact) mass is 279 g/mol. The van der Waals surface area contributed by atoms with Crippen LogP contribution in [0, 0.1) is 12.8 Å². The van der Waals surface area contributed by atoms with Gasteiger partial charge in [-0.25, -0.2) is 12.7 Å². The molecule has 4 nitrogen and oxygen atoms in total. The van der Waals surface area contributed by atoms with E-state index in [1.165, 1.54) is 12.1 Å². The Bertz CT molecular complexity index is 602. The van der Waals surface area contributed by atoms with Gasteiger partial charge in [-0.1, -0.05) is 36.8 Å². The van der Waals surface area contributed by atoms with Gasteiger partial charge in [0.2, 0.25) is 5.91 Å². The average molecular weight is 279 g/mol. The highest BCUT2D eigenvalue weighted by Gasteiger charge is 2.30. The molecular formula is C14H17NO3S. The Morgan fingerprint density at radius 1 is 1.21 bits per heavy atom. The second kappa shape index (κ2) is 5.17. The van der Waals surface area contributed by atoms with Crippen molar-refractivity contribution in [2.24, 2.45) is 5.92 Å². The summed E-state index contributed by atoms with van der Waals surface area (Å²) in [7, 11) is -3.74. The third-order valence-corrected chi connectivity index (χ3v) is 4.92. The zero-order valence-corrected chi connectivity index (χ0v) is 11.9. The summed E-state index contributed by atoms with van der Waals surface area (Å²) in [6, 6.07) is 6.53. The van der Waals surface area contributed by atoms with Crippen molar-refractivity contribution >= 4 is 15.9 Å². The van der Waals surface area contributed by atoms with Gasteiger partial charge in [0, 0.05) is 6.42 Å². The van der Waals surface area contributed by atoms with Gasteiger partial charge >= 0.3 is 0 Å². The zero-order valence-electron chi connectivity index (χ0n) is 11.0. The molecule has 0 saturated carbocycles. The smallest absolute Gasteiger partial charge is 0.266 e. The van der Waals surface area contributed by atoms with Gasteiger partial charge in [-0.2, -0.15) is 0 Å². The minimum atomic E-state index is -3.74. The molecule has 102 valence electrons. The number of benzene rings is 1. The molecule has 1 amide bonds. The molecule has 5 heteroatoms. The van der Waals surface area contributed by atoms with Gasteiger partial charge in [0.15, 0.2) is 0 Å². The Morgan fingerprint density at radius 3 is 2.47 bits per heavy atom. The molecular weight excluding hydrogens is 262 g/mol. The molecule has 0 radical (unpaired) electrons. The van der Waals surface area contributed by atoms with E-state index in [9.17, 15) is 13.2 Å². The van der Waals surface area contributed by atoms with Crippen LogP contribution in [0.3, 0.4) is 0 Å². The number of sulfonamides is 1. The van der Waals surface area contributed by atoms with Gasteiger partial charge in [0.05, 0.1) is 11.4 Å². The Hall–Kier alpha value is -1.62. The number of allylic oxidation sites excluding steroid dienone is 1. The van der Waals surface area contributed by atoms with Crippen molar-refractivity contribution in [2.45, 2.75) is 25.2 Å². The lowest BCUT2D eigenvalue weighted by molar-refractivity contribution is -0.126. The Balaban J connectivity index is 2.36. The van der Waals surface area contributed by atoms with Gasteiger partial charge in [0.25, 0.3) is 10.0 Å². The summed E-state index contributed by atoms with van der Waals surface area (Å²) in [5, 5.41) is 0. The van der Waals surface area contributed by atoms with Gasteiger partial charge in [-0.3, -0.25) is 4.79 Å². The second-order valence-corrected chi connectivity index (χ2v) is 6.71. The zero-order chi connectivity index (χ0) is 14.0. The maximum atomic E-state index is 12.4. The van der Waals surface area contributed by atoms with Crippen LogP contribution in [0.1, 0.15) is 18.9 Å². The van der Waals surface area contributed by atoms with E-state index in [4.69, 9.17) is 0 Å². The van der Waals surface area contributed by atoms with E-state index in [1.54, 1.807) is 18.2 Å². The van der Waals surface area contributed by atoms with Crippen molar-refractivity contribution in [1.82, 2.24) is 4.31 Å². The molecule has 1 heterocycles. The standard InChI is InChI=1S/C14H17NO3S/c1-11-5-7-13(8-6-11)19(17,18)15-9-3-4-12(2)10-14(15)16/h3-8,12H,9-10H2,1-2H3. The van der Waals surface area contributed by atoms with Crippen LogP contribution in [0.2, 0.25) is 0 Å². The van der Waals surface area contributed by atoms with Gasteiger partial charge < -0.3 is 0 Å². The molecule has 1 aliphatic rings. The first-order chi connectivity index (χ1) is 8.91. The summed E-state index contributed by atoms with van der Waals surface area (Å²) >= 11 is 0. The molecule has 1 unspecified atom stereocenters. The fourth-order valence-corrected chi connectivity index (χ4v) is 3.37. The van der Waals surface area contributed by atoms with Crippen LogP contribution in [-0.2, 0) is 14.8 Å². The Labute approximate surface area is 113 Å². The predicted molar refractivity (Wildman–Crippen MR) is 73.0 cm³/mol. The van der Waals surface area contributed by atoms with Crippen molar-refractivity contribution in [3.8, 4) is 0 Å².